The predicted octanol–water partition coefficient (Wildman–Crippen LogP) is 14.4. The second kappa shape index (κ2) is 12.6. The van der Waals surface area contributed by atoms with Crippen LogP contribution in [0.3, 0.4) is 0 Å². The van der Waals surface area contributed by atoms with Gasteiger partial charge in [-0.25, -0.2) is 15.0 Å². The molecule has 0 unspecified atom stereocenters. The van der Waals surface area contributed by atoms with Crippen LogP contribution in [0.25, 0.3) is 120 Å². The quantitative estimate of drug-likeness (QED) is 0.175. The molecular formula is C51H29N3O2S. The molecule has 12 aromatic rings. The third-order valence-electron chi connectivity index (χ3n) is 11.0. The molecule has 0 radical (unpaired) electrons. The average Bonchev–Trinajstić information content (AvgIpc) is 3.97. The topological polar surface area (TPSA) is 65.0 Å². The van der Waals surface area contributed by atoms with Crippen molar-refractivity contribution in [1.29, 1.82) is 0 Å². The molecule has 0 amide bonds. The number of thiophene rings is 1. The van der Waals surface area contributed by atoms with Gasteiger partial charge in [0, 0.05) is 58.4 Å². The van der Waals surface area contributed by atoms with Crippen LogP contribution in [0.2, 0.25) is 0 Å². The summed E-state index contributed by atoms with van der Waals surface area (Å²) >= 11 is 1.79. The molecule has 0 atom stereocenters. The predicted molar refractivity (Wildman–Crippen MR) is 234 cm³/mol. The first-order valence-corrected chi connectivity index (χ1v) is 19.7. The van der Waals surface area contributed by atoms with Crippen molar-refractivity contribution >= 4 is 75.4 Å². The Labute approximate surface area is 330 Å². The molecule has 0 spiro atoms. The van der Waals surface area contributed by atoms with Crippen LogP contribution in [0, 0.1) is 0 Å². The highest BCUT2D eigenvalue weighted by molar-refractivity contribution is 7.25. The Bertz CT molecular complexity index is 3540. The number of benzene rings is 8. The van der Waals surface area contributed by atoms with E-state index in [0.717, 1.165) is 60.6 Å². The van der Waals surface area contributed by atoms with E-state index in [1.807, 2.05) is 66.7 Å². The fourth-order valence-electron chi connectivity index (χ4n) is 8.27. The molecule has 12 rings (SSSR count). The Morgan fingerprint density at radius 1 is 0.316 bits per heavy atom. The van der Waals surface area contributed by atoms with Crippen LogP contribution in [0.1, 0.15) is 0 Å². The molecule has 0 aliphatic rings. The Balaban J connectivity index is 0.969. The monoisotopic (exact) mass is 747 g/mol. The zero-order valence-corrected chi connectivity index (χ0v) is 31.1. The minimum Gasteiger partial charge on any atom is -0.456 e. The molecule has 0 aliphatic carbocycles. The van der Waals surface area contributed by atoms with E-state index in [-0.39, 0.29) is 0 Å². The van der Waals surface area contributed by atoms with E-state index in [2.05, 4.69) is 109 Å². The molecule has 0 aliphatic heterocycles. The Kier molecular flexibility index (Phi) is 7.03. The van der Waals surface area contributed by atoms with Crippen molar-refractivity contribution in [3.63, 3.8) is 0 Å². The van der Waals surface area contributed by atoms with Crippen molar-refractivity contribution in [2.75, 3.05) is 0 Å². The van der Waals surface area contributed by atoms with Crippen LogP contribution in [-0.2, 0) is 0 Å². The van der Waals surface area contributed by atoms with Crippen LogP contribution in [0.5, 0.6) is 0 Å². The van der Waals surface area contributed by atoms with Crippen molar-refractivity contribution < 1.29 is 8.83 Å². The van der Waals surface area contributed by atoms with Crippen LogP contribution in [0.15, 0.2) is 185 Å². The van der Waals surface area contributed by atoms with E-state index in [1.54, 1.807) is 11.3 Å². The van der Waals surface area contributed by atoms with Gasteiger partial charge in [-0.15, -0.1) is 11.3 Å². The fourth-order valence-corrected chi connectivity index (χ4v) is 9.45. The molecule has 0 bridgehead atoms. The number of hydrogen-bond acceptors (Lipinski definition) is 6. The lowest BCUT2D eigenvalue weighted by Gasteiger charge is -2.11. The maximum atomic E-state index is 6.26. The van der Waals surface area contributed by atoms with Crippen molar-refractivity contribution in [2.24, 2.45) is 0 Å². The van der Waals surface area contributed by atoms with Crippen molar-refractivity contribution in [1.82, 2.24) is 15.0 Å². The SMILES string of the molecule is c1ccc(-c2nc(-c3ccc4c(c3)oc3ccccc34)nc(-c3ccc4c(c3)sc3cc(-c5ccccc5-c5cccc6oc7ccccc7c56)ccc34)n2)cc1. The first-order valence-electron chi connectivity index (χ1n) is 18.9. The van der Waals surface area contributed by atoms with Crippen LogP contribution < -0.4 is 0 Å². The molecule has 0 saturated carbocycles. The van der Waals surface area contributed by atoms with Gasteiger partial charge in [-0.2, -0.15) is 0 Å². The van der Waals surface area contributed by atoms with Gasteiger partial charge in [-0.1, -0.05) is 133 Å². The molecule has 4 heterocycles. The van der Waals surface area contributed by atoms with Gasteiger partial charge >= 0.3 is 0 Å². The normalized spacial score (nSPS) is 11.9. The number of nitrogens with zero attached hydrogens (tertiary/aromatic N) is 3. The zero-order chi connectivity index (χ0) is 37.5. The summed E-state index contributed by atoms with van der Waals surface area (Å²) < 4.78 is 14.9. The number of rotatable bonds is 5. The first kappa shape index (κ1) is 31.9. The van der Waals surface area contributed by atoms with Gasteiger partial charge in [-0.3, -0.25) is 0 Å². The smallest absolute Gasteiger partial charge is 0.164 e. The second-order valence-electron chi connectivity index (χ2n) is 14.3. The molecule has 266 valence electrons. The van der Waals surface area contributed by atoms with Gasteiger partial charge in [-0.05, 0) is 64.7 Å². The highest BCUT2D eigenvalue weighted by Crippen LogP contribution is 2.43. The Morgan fingerprint density at radius 3 is 1.60 bits per heavy atom. The summed E-state index contributed by atoms with van der Waals surface area (Å²) in [5.41, 5.74) is 10.9. The third-order valence-corrected chi connectivity index (χ3v) is 12.1. The summed E-state index contributed by atoms with van der Waals surface area (Å²) in [5.74, 6) is 1.85. The Morgan fingerprint density at radius 2 is 0.825 bits per heavy atom. The summed E-state index contributed by atoms with van der Waals surface area (Å²) in [5, 5.41) is 6.86. The third kappa shape index (κ3) is 5.19. The minimum absolute atomic E-state index is 0.597. The van der Waals surface area contributed by atoms with E-state index in [9.17, 15) is 0 Å². The van der Waals surface area contributed by atoms with E-state index < -0.39 is 0 Å². The van der Waals surface area contributed by atoms with Gasteiger partial charge in [0.25, 0.3) is 0 Å². The van der Waals surface area contributed by atoms with Crippen molar-refractivity contribution in [2.45, 2.75) is 0 Å². The van der Waals surface area contributed by atoms with Gasteiger partial charge in [0.15, 0.2) is 17.5 Å². The van der Waals surface area contributed by atoms with Crippen LogP contribution in [0.4, 0.5) is 0 Å². The average molecular weight is 748 g/mol. The molecule has 4 aromatic heterocycles. The van der Waals surface area contributed by atoms with Crippen molar-refractivity contribution in [3.05, 3.63) is 176 Å². The molecular weight excluding hydrogens is 719 g/mol. The summed E-state index contributed by atoms with van der Waals surface area (Å²) in [4.78, 5) is 15.1. The number of furan rings is 2. The lowest BCUT2D eigenvalue weighted by atomic mass is 9.91. The zero-order valence-electron chi connectivity index (χ0n) is 30.3. The number of fused-ring (bicyclic) bond motifs is 9. The highest BCUT2D eigenvalue weighted by atomic mass is 32.1. The molecule has 6 heteroatoms. The van der Waals surface area contributed by atoms with Crippen LogP contribution >= 0.6 is 11.3 Å². The van der Waals surface area contributed by atoms with Gasteiger partial charge in [0.2, 0.25) is 0 Å². The highest BCUT2D eigenvalue weighted by Gasteiger charge is 2.18. The van der Waals surface area contributed by atoms with Gasteiger partial charge < -0.3 is 8.83 Å². The molecule has 57 heavy (non-hydrogen) atoms. The summed E-state index contributed by atoms with van der Waals surface area (Å²) in [6.45, 7) is 0. The molecule has 8 aromatic carbocycles. The lowest BCUT2D eigenvalue weighted by molar-refractivity contribution is 0.668. The van der Waals surface area contributed by atoms with Gasteiger partial charge in [0.1, 0.15) is 22.3 Å². The maximum Gasteiger partial charge on any atom is 0.164 e. The summed E-state index contributed by atoms with van der Waals surface area (Å²) in [7, 11) is 0. The molecule has 5 nitrogen and oxygen atoms in total. The molecule has 0 saturated heterocycles. The van der Waals surface area contributed by atoms with Gasteiger partial charge in [0.05, 0.1) is 0 Å². The number of para-hydroxylation sites is 2. The van der Waals surface area contributed by atoms with Crippen molar-refractivity contribution in [3.8, 4) is 56.4 Å². The van der Waals surface area contributed by atoms with Crippen LogP contribution in [-0.4, -0.2) is 15.0 Å². The number of aromatic nitrogens is 3. The second-order valence-corrected chi connectivity index (χ2v) is 15.4. The lowest BCUT2D eigenvalue weighted by Crippen LogP contribution is -2.00. The fraction of sp³-hybridized carbons (Fsp3) is 0. The molecule has 0 N–H and O–H groups in total. The molecule has 0 fully saturated rings. The first-order chi connectivity index (χ1) is 28.2. The van der Waals surface area contributed by atoms with E-state index in [4.69, 9.17) is 23.8 Å². The van der Waals surface area contributed by atoms with E-state index >= 15 is 0 Å². The maximum absolute atomic E-state index is 6.26. The largest absolute Gasteiger partial charge is 0.456 e. The Hall–Kier alpha value is -7.41. The standard InChI is InChI=1S/C51H29N3O2S/c1-2-11-30(12-3-1)49-52-50(32-22-24-37-36-15-6-8-18-42(36)56-45(37)27-32)54-51(53-49)33-23-26-39-38-25-21-31(28-46(38)57-47(39)29-33)34-13-4-5-14-35(34)40-17-10-20-44-48(40)41-16-7-9-19-43(41)55-44/h1-29H. The minimum atomic E-state index is 0.597. The number of hydrogen-bond donors (Lipinski definition) is 0. The van der Waals surface area contributed by atoms with E-state index in [1.165, 1.54) is 42.4 Å². The summed E-state index contributed by atoms with van der Waals surface area (Å²) in [6.07, 6.45) is 0. The summed E-state index contributed by atoms with van der Waals surface area (Å²) in [6, 6.07) is 61.1. The van der Waals surface area contributed by atoms with E-state index in [0.29, 0.717) is 17.5 Å².